The summed E-state index contributed by atoms with van der Waals surface area (Å²) in [5, 5.41) is 9.15. The lowest BCUT2D eigenvalue weighted by atomic mass is 10.2. The monoisotopic (exact) mass is 305 g/mol. The van der Waals surface area contributed by atoms with Gasteiger partial charge in [0.2, 0.25) is 0 Å². The summed E-state index contributed by atoms with van der Waals surface area (Å²) >= 11 is 0. The Balaban J connectivity index is -0.000000653. The van der Waals surface area contributed by atoms with Crippen molar-refractivity contribution in [3.63, 3.8) is 0 Å². The first-order valence-electron chi connectivity index (χ1n) is 4.29. The van der Waals surface area contributed by atoms with Crippen LogP contribution in [0.1, 0.15) is 0 Å². The van der Waals surface area contributed by atoms with Crippen LogP contribution in [0.2, 0.25) is 0 Å². The lowest BCUT2D eigenvalue weighted by molar-refractivity contribution is 0.114. The number of hydrogen-bond acceptors (Lipinski definition) is 5. The van der Waals surface area contributed by atoms with E-state index in [1.165, 1.54) is 0 Å². The van der Waals surface area contributed by atoms with Gasteiger partial charge >= 0.3 is 0 Å². The molecule has 1 unspecified atom stereocenters. The van der Waals surface area contributed by atoms with Crippen molar-refractivity contribution in [1.82, 2.24) is 0 Å². The molecule has 0 saturated carbocycles. The van der Waals surface area contributed by atoms with E-state index in [9.17, 15) is 0 Å². The molecule has 0 amide bonds. The molecule has 0 aliphatic carbocycles. The molecule has 17 heavy (non-hydrogen) atoms. The molecule has 0 aliphatic heterocycles. The van der Waals surface area contributed by atoms with Crippen molar-refractivity contribution < 1.29 is 9.84 Å². The maximum Gasteiger partial charge on any atom is 0.142 e. The number of benzene rings is 1. The van der Waals surface area contributed by atoms with Crippen molar-refractivity contribution in [2.24, 2.45) is 5.73 Å². The second-order valence-corrected chi connectivity index (χ2v) is 3.00. The molecule has 1 rings (SSSR count). The van der Waals surface area contributed by atoms with Crippen LogP contribution in [-0.2, 0) is 0 Å². The van der Waals surface area contributed by atoms with Crippen LogP contribution >= 0.6 is 37.2 Å². The first-order chi connectivity index (χ1) is 6.63. The van der Waals surface area contributed by atoms with E-state index in [0.717, 1.165) is 0 Å². The van der Waals surface area contributed by atoms with E-state index in [1.54, 1.807) is 18.2 Å². The van der Waals surface area contributed by atoms with E-state index >= 15 is 0 Å². The lowest BCUT2D eigenvalue weighted by Crippen LogP contribution is -2.26. The molecule has 0 aliphatic rings. The van der Waals surface area contributed by atoms with Gasteiger partial charge in [-0.25, -0.2) is 0 Å². The predicted octanol–water partition coefficient (Wildman–Crippen LogP) is 0.815. The summed E-state index contributed by atoms with van der Waals surface area (Å²) < 4.78 is 5.23. The third kappa shape index (κ3) is 7.36. The molecule has 0 aromatic heterocycles. The average molecular weight is 307 g/mol. The summed E-state index contributed by atoms with van der Waals surface area (Å²) in [6.45, 7) is 0.291. The molecule has 102 valence electrons. The fourth-order valence-corrected chi connectivity index (χ4v) is 0.952. The zero-order valence-electron chi connectivity index (χ0n) is 9.04. The van der Waals surface area contributed by atoms with Crippen molar-refractivity contribution >= 4 is 48.6 Å². The Hall–Kier alpha value is -0.590. The van der Waals surface area contributed by atoms with Gasteiger partial charge in [-0.15, -0.1) is 37.2 Å². The van der Waals surface area contributed by atoms with Gasteiger partial charge in [0.25, 0.3) is 0 Å². The number of aliphatic hydroxyl groups is 1. The predicted molar refractivity (Wildman–Crippen MR) is 77.6 cm³/mol. The number of rotatable bonds is 4. The molecule has 5 nitrogen and oxygen atoms in total. The van der Waals surface area contributed by atoms with Gasteiger partial charge in [-0.3, -0.25) is 0 Å². The Bertz CT molecular complexity index is 316. The van der Waals surface area contributed by atoms with E-state index in [2.05, 4.69) is 0 Å². The van der Waals surface area contributed by atoms with Crippen LogP contribution in [0.5, 0.6) is 5.75 Å². The summed E-state index contributed by atoms with van der Waals surface area (Å²) in [5.74, 6) is 0.506. The molecule has 0 fully saturated rings. The highest BCUT2D eigenvalue weighted by atomic mass is 35.5. The summed E-state index contributed by atoms with van der Waals surface area (Å²) in [6, 6.07) is 4.94. The van der Waals surface area contributed by atoms with Crippen LogP contribution in [-0.4, -0.2) is 24.4 Å². The highest BCUT2D eigenvalue weighted by molar-refractivity contribution is 5.86. The molecule has 7 N–H and O–H groups in total. The van der Waals surface area contributed by atoms with Crippen LogP contribution in [0.3, 0.4) is 0 Å². The number of nitrogen functional groups attached to an aromatic ring is 2. The summed E-state index contributed by atoms with van der Waals surface area (Å²) in [5.41, 5.74) is 17.4. The van der Waals surface area contributed by atoms with Crippen LogP contribution < -0.4 is 21.9 Å². The second kappa shape index (κ2) is 10.6. The Morgan fingerprint density at radius 1 is 1.18 bits per heavy atom. The molecule has 1 atom stereocenters. The summed E-state index contributed by atoms with van der Waals surface area (Å²) in [7, 11) is 0. The van der Waals surface area contributed by atoms with Crippen molar-refractivity contribution in [3.05, 3.63) is 18.2 Å². The normalized spacial score (nSPS) is 10.2. The molecule has 0 saturated heterocycles. The topological polar surface area (TPSA) is 108 Å². The Kier molecular flexibility index (Phi) is 13.5. The molecule has 0 radical (unpaired) electrons. The fraction of sp³-hybridized carbons (Fsp3) is 0.333. The van der Waals surface area contributed by atoms with E-state index in [-0.39, 0.29) is 50.4 Å². The molecule has 8 heteroatoms. The van der Waals surface area contributed by atoms with Gasteiger partial charge in [0.15, 0.2) is 0 Å². The maximum atomic E-state index is 9.15. The summed E-state index contributed by atoms with van der Waals surface area (Å²) in [6.07, 6.45) is -0.674. The van der Waals surface area contributed by atoms with E-state index in [4.69, 9.17) is 27.0 Å². The average Bonchev–Trinajstić information content (AvgIpc) is 2.16. The van der Waals surface area contributed by atoms with Gasteiger partial charge in [0, 0.05) is 12.2 Å². The van der Waals surface area contributed by atoms with Crippen LogP contribution in [0.25, 0.3) is 0 Å². The molecular weight excluding hydrogens is 288 g/mol. The number of anilines is 2. The van der Waals surface area contributed by atoms with Gasteiger partial charge in [-0.2, -0.15) is 0 Å². The molecule has 0 bridgehead atoms. The number of ether oxygens (including phenoxy) is 1. The highest BCUT2D eigenvalue weighted by Gasteiger charge is 2.04. The maximum absolute atomic E-state index is 9.15. The lowest BCUT2D eigenvalue weighted by Gasteiger charge is -2.12. The minimum absolute atomic E-state index is 0. The van der Waals surface area contributed by atoms with E-state index in [1.807, 2.05) is 0 Å². The van der Waals surface area contributed by atoms with Gasteiger partial charge in [0.1, 0.15) is 18.5 Å². The SMILES string of the molecule is Cl.Cl.Cl.NCC(O)COc1ccc(N)cc1N. The van der Waals surface area contributed by atoms with Crippen LogP contribution in [0.15, 0.2) is 18.2 Å². The quantitative estimate of drug-likeness (QED) is 0.616. The Labute approximate surface area is 119 Å². The first kappa shape index (κ1) is 21.7. The number of nitrogens with two attached hydrogens (primary N) is 3. The largest absolute Gasteiger partial charge is 0.489 e. The molecule has 0 heterocycles. The number of aliphatic hydroxyl groups excluding tert-OH is 1. The molecule has 0 spiro atoms. The third-order valence-electron chi connectivity index (χ3n) is 1.74. The number of hydrogen-bond donors (Lipinski definition) is 4. The highest BCUT2D eigenvalue weighted by Crippen LogP contribution is 2.23. The van der Waals surface area contributed by atoms with Crippen molar-refractivity contribution in [1.29, 1.82) is 0 Å². The van der Waals surface area contributed by atoms with Crippen LogP contribution in [0, 0.1) is 0 Å². The Morgan fingerprint density at radius 3 is 2.24 bits per heavy atom. The zero-order chi connectivity index (χ0) is 10.6. The van der Waals surface area contributed by atoms with Crippen molar-refractivity contribution in [3.8, 4) is 5.75 Å². The molecular formula is C9H18Cl3N3O2. The van der Waals surface area contributed by atoms with Gasteiger partial charge in [0.05, 0.1) is 5.69 Å². The van der Waals surface area contributed by atoms with E-state index in [0.29, 0.717) is 17.1 Å². The smallest absolute Gasteiger partial charge is 0.142 e. The standard InChI is InChI=1S/C9H15N3O2.3ClH/c10-4-7(13)5-14-9-2-1-6(11)3-8(9)12;;;/h1-3,7,13H,4-5,10-12H2;3*1H. The third-order valence-corrected chi connectivity index (χ3v) is 1.74. The minimum atomic E-state index is -0.674. The first-order valence-corrected chi connectivity index (χ1v) is 4.29. The van der Waals surface area contributed by atoms with Crippen molar-refractivity contribution in [2.75, 3.05) is 24.6 Å². The molecule has 1 aromatic rings. The van der Waals surface area contributed by atoms with E-state index < -0.39 is 6.10 Å². The second-order valence-electron chi connectivity index (χ2n) is 3.00. The van der Waals surface area contributed by atoms with Gasteiger partial charge in [-0.05, 0) is 18.2 Å². The molecule has 1 aromatic carbocycles. The minimum Gasteiger partial charge on any atom is -0.489 e. The summed E-state index contributed by atoms with van der Waals surface area (Å²) in [4.78, 5) is 0. The van der Waals surface area contributed by atoms with Crippen molar-refractivity contribution in [2.45, 2.75) is 6.10 Å². The van der Waals surface area contributed by atoms with Gasteiger partial charge < -0.3 is 27.0 Å². The zero-order valence-corrected chi connectivity index (χ0v) is 11.5. The Morgan fingerprint density at radius 2 is 1.76 bits per heavy atom. The van der Waals surface area contributed by atoms with Crippen LogP contribution in [0.4, 0.5) is 11.4 Å². The fourth-order valence-electron chi connectivity index (χ4n) is 0.952. The number of halogens is 3. The van der Waals surface area contributed by atoms with Gasteiger partial charge in [-0.1, -0.05) is 0 Å².